The third-order valence-electron chi connectivity index (χ3n) is 3.81. The smallest absolute Gasteiger partial charge is 0.0613 e. The van der Waals surface area contributed by atoms with Crippen LogP contribution in [0.15, 0.2) is 0 Å². The molecule has 1 heterocycles. The number of rotatable bonds is 5. The largest absolute Gasteiger partial charge is 0.394 e. The van der Waals surface area contributed by atoms with Crippen LogP contribution in [-0.2, 0) is 4.74 Å². The first-order valence-electron chi connectivity index (χ1n) is 6.24. The fourth-order valence-electron chi connectivity index (χ4n) is 2.76. The van der Waals surface area contributed by atoms with Gasteiger partial charge in [0.1, 0.15) is 0 Å². The lowest BCUT2D eigenvalue weighted by Crippen LogP contribution is -2.57. The number of ether oxygens (including phenoxy) is 1. The van der Waals surface area contributed by atoms with Gasteiger partial charge in [0.25, 0.3) is 0 Å². The molecule has 2 atom stereocenters. The van der Waals surface area contributed by atoms with Crippen LogP contribution in [-0.4, -0.2) is 36.0 Å². The van der Waals surface area contributed by atoms with E-state index in [9.17, 15) is 5.11 Å². The van der Waals surface area contributed by atoms with Crippen LogP contribution in [0.4, 0.5) is 0 Å². The average molecular weight is 213 g/mol. The number of hydrogen-bond acceptors (Lipinski definition) is 3. The Hall–Kier alpha value is -0.120. The van der Waals surface area contributed by atoms with Gasteiger partial charge in [0.15, 0.2) is 0 Å². The van der Waals surface area contributed by atoms with Crippen LogP contribution in [0.1, 0.15) is 45.4 Å². The number of nitrogens with one attached hydrogen (secondary N) is 1. The van der Waals surface area contributed by atoms with Gasteiger partial charge in [-0.2, -0.15) is 0 Å². The molecule has 0 radical (unpaired) electrons. The second-order valence-electron chi connectivity index (χ2n) is 5.21. The van der Waals surface area contributed by atoms with E-state index in [-0.39, 0.29) is 12.1 Å². The van der Waals surface area contributed by atoms with Crippen LogP contribution in [0.25, 0.3) is 0 Å². The number of hydrogen-bond donors (Lipinski definition) is 2. The molecule has 1 saturated heterocycles. The Kier molecular flexibility index (Phi) is 3.65. The predicted molar refractivity (Wildman–Crippen MR) is 59.9 cm³/mol. The SMILES string of the molecule is CC(CC1CCCO1)NC1(CO)CCC1. The van der Waals surface area contributed by atoms with Crippen LogP contribution < -0.4 is 5.32 Å². The minimum atomic E-state index is 0.0397. The quantitative estimate of drug-likeness (QED) is 0.726. The minimum absolute atomic E-state index is 0.0397. The summed E-state index contributed by atoms with van der Waals surface area (Å²) in [6.45, 7) is 3.42. The van der Waals surface area contributed by atoms with Crippen LogP contribution in [0, 0.1) is 0 Å². The first kappa shape index (κ1) is 11.4. The van der Waals surface area contributed by atoms with Crippen molar-refractivity contribution in [1.82, 2.24) is 5.32 Å². The molecule has 2 rings (SSSR count). The molecule has 2 aliphatic rings. The highest BCUT2D eigenvalue weighted by Crippen LogP contribution is 2.32. The second-order valence-corrected chi connectivity index (χ2v) is 5.21. The summed E-state index contributed by atoms with van der Waals surface area (Å²) in [5.41, 5.74) is 0.0397. The van der Waals surface area contributed by atoms with Crippen molar-refractivity contribution < 1.29 is 9.84 Å². The zero-order chi connectivity index (χ0) is 10.7. The van der Waals surface area contributed by atoms with Crippen molar-refractivity contribution >= 4 is 0 Å². The van der Waals surface area contributed by atoms with E-state index < -0.39 is 0 Å². The number of aliphatic hydroxyl groups excluding tert-OH is 1. The molecule has 1 saturated carbocycles. The Labute approximate surface area is 92.2 Å². The maximum atomic E-state index is 9.35. The molecule has 0 aromatic rings. The molecule has 1 aliphatic carbocycles. The minimum Gasteiger partial charge on any atom is -0.394 e. The highest BCUT2D eigenvalue weighted by atomic mass is 16.5. The van der Waals surface area contributed by atoms with Gasteiger partial charge in [-0.1, -0.05) is 0 Å². The molecule has 2 N–H and O–H groups in total. The van der Waals surface area contributed by atoms with Gasteiger partial charge >= 0.3 is 0 Å². The normalized spacial score (nSPS) is 31.2. The second kappa shape index (κ2) is 4.81. The molecule has 0 amide bonds. The van der Waals surface area contributed by atoms with Gasteiger partial charge in [0.2, 0.25) is 0 Å². The zero-order valence-corrected chi connectivity index (χ0v) is 9.67. The molecule has 0 aromatic carbocycles. The van der Waals surface area contributed by atoms with Crippen LogP contribution in [0.2, 0.25) is 0 Å². The van der Waals surface area contributed by atoms with E-state index in [4.69, 9.17) is 4.74 Å². The Morgan fingerprint density at radius 3 is 2.73 bits per heavy atom. The van der Waals surface area contributed by atoms with Crippen LogP contribution >= 0.6 is 0 Å². The Bertz CT molecular complexity index is 192. The van der Waals surface area contributed by atoms with E-state index in [1.54, 1.807) is 0 Å². The fraction of sp³-hybridized carbons (Fsp3) is 1.00. The molecule has 88 valence electrons. The van der Waals surface area contributed by atoms with Crippen molar-refractivity contribution in [2.45, 2.75) is 63.1 Å². The van der Waals surface area contributed by atoms with Crippen molar-refractivity contribution in [2.24, 2.45) is 0 Å². The summed E-state index contributed by atoms with van der Waals surface area (Å²) in [5.74, 6) is 0. The van der Waals surface area contributed by atoms with Crippen molar-refractivity contribution in [3.8, 4) is 0 Å². The maximum Gasteiger partial charge on any atom is 0.0613 e. The highest BCUT2D eigenvalue weighted by Gasteiger charge is 2.37. The zero-order valence-electron chi connectivity index (χ0n) is 9.67. The predicted octanol–water partition coefficient (Wildman–Crippen LogP) is 1.45. The lowest BCUT2D eigenvalue weighted by Gasteiger charge is -2.43. The average Bonchev–Trinajstić information content (AvgIpc) is 2.64. The van der Waals surface area contributed by atoms with Gasteiger partial charge < -0.3 is 15.2 Å². The van der Waals surface area contributed by atoms with E-state index in [2.05, 4.69) is 12.2 Å². The fourth-order valence-corrected chi connectivity index (χ4v) is 2.76. The van der Waals surface area contributed by atoms with E-state index >= 15 is 0 Å². The molecule has 0 spiro atoms. The van der Waals surface area contributed by atoms with Crippen molar-refractivity contribution in [3.63, 3.8) is 0 Å². The van der Waals surface area contributed by atoms with Gasteiger partial charge in [-0.3, -0.25) is 0 Å². The van der Waals surface area contributed by atoms with Gasteiger partial charge in [0, 0.05) is 18.2 Å². The van der Waals surface area contributed by atoms with Crippen molar-refractivity contribution in [1.29, 1.82) is 0 Å². The molecule has 2 fully saturated rings. The summed E-state index contributed by atoms with van der Waals surface area (Å²) < 4.78 is 5.62. The van der Waals surface area contributed by atoms with E-state index in [1.807, 2.05) is 0 Å². The van der Waals surface area contributed by atoms with Crippen LogP contribution in [0.5, 0.6) is 0 Å². The maximum absolute atomic E-state index is 9.35. The number of aliphatic hydroxyl groups is 1. The van der Waals surface area contributed by atoms with Crippen LogP contribution in [0.3, 0.4) is 0 Å². The lowest BCUT2D eigenvalue weighted by molar-refractivity contribution is 0.0572. The topological polar surface area (TPSA) is 41.5 Å². The van der Waals surface area contributed by atoms with Gasteiger partial charge in [-0.05, 0) is 45.4 Å². The lowest BCUT2D eigenvalue weighted by atomic mass is 9.77. The molecule has 3 heteroatoms. The summed E-state index contributed by atoms with van der Waals surface area (Å²) in [6, 6.07) is 0.459. The van der Waals surface area contributed by atoms with Gasteiger partial charge in [-0.25, -0.2) is 0 Å². The molecule has 3 nitrogen and oxygen atoms in total. The summed E-state index contributed by atoms with van der Waals surface area (Å²) in [6.07, 6.45) is 7.45. The van der Waals surface area contributed by atoms with Gasteiger partial charge in [0.05, 0.1) is 12.7 Å². The summed E-state index contributed by atoms with van der Waals surface area (Å²) in [4.78, 5) is 0. The van der Waals surface area contributed by atoms with E-state index in [1.165, 1.54) is 19.3 Å². The van der Waals surface area contributed by atoms with E-state index in [0.29, 0.717) is 12.1 Å². The van der Waals surface area contributed by atoms with Crippen molar-refractivity contribution in [2.75, 3.05) is 13.2 Å². The third kappa shape index (κ3) is 2.71. The first-order valence-corrected chi connectivity index (χ1v) is 6.24. The molecule has 0 aromatic heterocycles. The molecule has 15 heavy (non-hydrogen) atoms. The Balaban J connectivity index is 1.73. The monoisotopic (exact) mass is 213 g/mol. The molecule has 0 bridgehead atoms. The summed E-state index contributed by atoms with van der Waals surface area (Å²) in [7, 11) is 0. The Morgan fingerprint density at radius 1 is 1.47 bits per heavy atom. The molecular formula is C12H23NO2. The standard InChI is InChI=1S/C12H23NO2/c1-10(8-11-4-2-7-15-11)13-12(9-14)5-3-6-12/h10-11,13-14H,2-9H2,1H3. The Morgan fingerprint density at radius 2 is 2.27 bits per heavy atom. The third-order valence-corrected chi connectivity index (χ3v) is 3.81. The summed E-state index contributed by atoms with van der Waals surface area (Å²) in [5, 5.41) is 12.9. The highest BCUT2D eigenvalue weighted by molar-refractivity contribution is 4.97. The first-order chi connectivity index (χ1) is 7.24. The molecule has 2 unspecified atom stereocenters. The van der Waals surface area contributed by atoms with Gasteiger partial charge in [-0.15, -0.1) is 0 Å². The molecule has 1 aliphatic heterocycles. The molecular weight excluding hydrogens is 190 g/mol. The van der Waals surface area contributed by atoms with E-state index in [0.717, 1.165) is 25.9 Å². The van der Waals surface area contributed by atoms with Crippen molar-refractivity contribution in [3.05, 3.63) is 0 Å². The summed E-state index contributed by atoms with van der Waals surface area (Å²) >= 11 is 0.